The fourth-order valence-corrected chi connectivity index (χ4v) is 4.56. The van der Waals surface area contributed by atoms with Crippen LogP contribution in [0, 0.1) is 11.3 Å². The van der Waals surface area contributed by atoms with Crippen molar-refractivity contribution in [3.05, 3.63) is 75.6 Å². The van der Waals surface area contributed by atoms with Crippen molar-refractivity contribution in [3.63, 3.8) is 0 Å². The first kappa shape index (κ1) is 16.6. The highest BCUT2D eigenvalue weighted by Gasteiger charge is 2.23. The van der Waals surface area contributed by atoms with Crippen molar-refractivity contribution < 1.29 is 9.21 Å². The van der Waals surface area contributed by atoms with Gasteiger partial charge in [-0.25, -0.2) is 0 Å². The number of nitrogens with zero attached hydrogens (tertiary/aromatic N) is 1. The number of benzene rings is 1. The third-order valence-electron chi connectivity index (χ3n) is 4.62. The zero-order valence-electron chi connectivity index (χ0n) is 14.2. The van der Waals surface area contributed by atoms with Crippen LogP contribution in [-0.4, -0.2) is 5.91 Å². The van der Waals surface area contributed by atoms with E-state index >= 15 is 0 Å². The van der Waals surface area contributed by atoms with Gasteiger partial charge in [-0.1, -0.05) is 30.3 Å². The second kappa shape index (κ2) is 7.19. The summed E-state index contributed by atoms with van der Waals surface area (Å²) in [5.74, 6) is 0.706. The van der Waals surface area contributed by atoms with Crippen LogP contribution in [0.25, 0.3) is 0 Å². The Balaban J connectivity index is 1.51. The number of fused-ring (bicyclic) bond motifs is 1. The zero-order valence-corrected chi connectivity index (χ0v) is 15.1. The number of hydrogen-bond donors (Lipinski definition) is 1. The molecule has 1 aromatic carbocycles. The maximum Gasteiger partial charge on any atom is 0.292 e. The molecule has 1 N–H and O–H groups in total. The number of nitrogens with one attached hydrogen (secondary N) is 1. The van der Waals surface area contributed by atoms with Crippen LogP contribution in [0.2, 0.25) is 0 Å². The van der Waals surface area contributed by atoms with Gasteiger partial charge < -0.3 is 9.73 Å². The Morgan fingerprint density at radius 1 is 1.15 bits per heavy atom. The monoisotopic (exact) mass is 362 g/mol. The van der Waals surface area contributed by atoms with E-state index in [0.29, 0.717) is 17.0 Å². The molecule has 0 aliphatic heterocycles. The average Bonchev–Trinajstić information content (AvgIpc) is 3.26. The third-order valence-corrected chi connectivity index (χ3v) is 5.82. The average molecular weight is 362 g/mol. The minimum atomic E-state index is -0.306. The summed E-state index contributed by atoms with van der Waals surface area (Å²) < 4.78 is 5.71. The van der Waals surface area contributed by atoms with Gasteiger partial charge in [0.2, 0.25) is 0 Å². The van der Waals surface area contributed by atoms with Gasteiger partial charge in [-0.05, 0) is 48.9 Å². The molecule has 0 saturated carbocycles. The van der Waals surface area contributed by atoms with Gasteiger partial charge in [0.1, 0.15) is 16.8 Å². The molecule has 4 rings (SSSR count). The SMILES string of the molecule is N#Cc1c(NC(=O)c2ccc(Cc3ccccc3)o2)sc2c1CCCC2. The van der Waals surface area contributed by atoms with Gasteiger partial charge >= 0.3 is 0 Å². The first-order valence-electron chi connectivity index (χ1n) is 8.73. The first-order valence-corrected chi connectivity index (χ1v) is 9.55. The topological polar surface area (TPSA) is 66.0 Å². The second-order valence-electron chi connectivity index (χ2n) is 6.41. The number of thiophene rings is 1. The molecule has 0 bridgehead atoms. The van der Waals surface area contributed by atoms with Crippen LogP contribution in [0.5, 0.6) is 0 Å². The summed E-state index contributed by atoms with van der Waals surface area (Å²) in [6.07, 6.45) is 4.81. The lowest BCUT2D eigenvalue weighted by Crippen LogP contribution is -2.11. The summed E-state index contributed by atoms with van der Waals surface area (Å²) in [6, 6.07) is 15.8. The zero-order chi connectivity index (χ0) is 17.9. The highest BCUT2D eigenvalue weighted by atomic mass is 32.1. The Hall–Kier alpha value is -2.84. The molecule has 0 saturated heterocycles. The van der Waals surface area contributed by atoms with Crippen LogP contribution in [0.3, 0.4) is 0 Å². The Morgan fingerprint density at radius 3 is 2.77 bits per heavy atom. The van der Waals surface area contributed by atoms with Crippen LogP contribution in [0.4, 0.5) is 5.00 Å². The fourth-order valence-electron chi connectivity index (χ4n) is 3.33. The Labute approximate surface area is 156 Å². The van der Waals surface area contributed by atoms with E-state index in [4.69, 9.17) is 4.42 Å². The summed E-state index contributed by atoms with van der Waals surface area (Å²) in [5.41, 5.74) is 2.86. The molecule has 1 aliphatic carbocycles. The predicted molar refractivity (Wildman–Crippen MR) is 102 cm³/mol. The van der Waals surface area contributed by atoms with Gasteiger partial charge in [-0.15, -0.1) is 11.3 Å². The lowest BCUT2D eigenvalue weighted by molar-refractivity contribution is 0.0995. The molecule has 0 atom stereocenters. The van der Waals surface area contributed by atoms with Crippen molar-refractivity contribution >= 4 is 22.2 Å². The van der Waals surface area contributed by atoms with Crippen molar-refractivity contribution in [2.45, 2.75) is 32.1 Å². The summed E-state index contributed by atoms with van der Waals surface area (Å²) >= 11 is 1.52. The third kappa shape index (κ3) is 3.29. The van der Waals surface area contributed by atoms with E-state index in [9.17, 15) is 10.1 Å². The number of carbonyl (C=O) groups excluding carboxylic acids is 1. The number of nitriles is 1. The molecule has 0 unspecified atom stereocenters. The largest absolute Gasteiger partial charge is 0.456 e. The van der Waals surface area contributed by atoms with Gasteiger partial charge in [-0.3, -0.25) is 4.79 Å². The number of aryl methyl sites for hydroxylation is 1. The molecule has 0 fully saturated rings. The van der Waals surface area contributed by atoms with Crippen molar-refractivity contribution in [2.75, 3.05) is 5.32 Å². The normalized spacial score (nSPS) is 13.0. The van der Waals surface area contributed by atoms with Crippen LogP contribution in [-0.2, 0) is 19.3 Å². The molecular formula is C21H18N2O2S. The summed E-state index contributed by atoms with van der Waals surface area (Å²) in [5, 5.41) is 13.0. The number of carbonyl (C=O) groups is 1. The molecule has 1 aliphatic rings. The van der Waals surface area contributed by atoms with E-state index in [0.717, 1.165) is 42.6 Å². The van der Waals surface area contributed by atoms with Crippen molar-refractivity contribution in [1.82, 2.24) is 0 Å². The van der Waals surface area contributed by atoms with E-state index in [1.54, 1.807) is 6.07 Å². The summed E-state index contributed by atoms with van der Waals surface area (Å²) in [7, 11) is 0. The first-order chi connectivity index (χ1) is 12.7. The maximum absolute atomic E-state index is 12.6. The molecule has 4 nitrogen and oxygen atoms in total. The molecule has 2 heterocycles. The molecule has 26 heavy (non-hydrogen) atoms. The molecule has 130 valence electrons. The molecule has 0 spiro atoms. The molecular weight excluding hydrogens is 344 g/mol. The van der Waals surface area contributed by atoms with Gasteiger partial charge in [0, 0.05) is 11.3 Å². The standard InChI is InChI=1S/C21H18N2O2S/c22-13-17-16-8-4-5-9-19(16)26-21(17)23-20(24)18-11-10-15(25-18)12-14-6-2-1-3-7-14/h1-3,6-7,10-11H,4-5,8-9,12H2,(H,23,24). The lowest BCUT2D eigenvalue weighted by atomic mass is 9.96. The highest BCUT2D eigenvalue weighted by molar-refractivity contribution is 7.16. The van der Waals surface area contributed by atoms with E-state index in [-0.39, 0.29) is 11.7 Å². The van der Waals surface area contributed by atoms with Crippen molar-refractivity contribution in [1.29, 1.82) is 5.26 Å². The smallest absolute Gasteiger partial charge is 0.292 e. The van der Waals surface area contributed by atoms with E-state index in [1.165, 1.54) is 16.2 Å². The van der Waals surface area contributed by atoms with Crippen LogP contribution in [0.15, 0.2) is 46.9 Å². The fraction of sp³-hybridized carbons (Fsp3) is 0.238. The number of rotatable bonds is 4. The molecule has 0 radical (unpaired) electrons. The van der Waals surface area contributed by atoms with Crippen LogP contribution < -0.4 is 5.32 Å². The van der Waals surface area contributed by atoms with Gasteiger partial charge in [0.15, 0.2) is 5.76 Å². The molecule has 3 aromatic rings. The Bertz CT molecular complexity index is 979. The van der Waals surface area contributed by atoms with Gasteiger partial charge in [-0.2, -0.15) is 5.26 Å². The number of amides is 1. The Kier molecular flexibility index (Phi) is 4.59. The minimum Gasteiger partial charge on any atom is -0.456 e. The van der Waals surface area contributed by atoms with E-state index in [2.05, 4.69) is 11.4 Å². The number of furan rings is 1. The predicted octanol–water partition coefficient (Wildman–Crippen LogP) is 4.93. The summed E-state index contributed by atoms with van der Waals surface area (Å²) in [4.78, 5) is 13.8. The quantitative estimate of drug-likeness (QED) is 0.715. The molecule has 1 amide bonds. The molecule has 5 heteroatoms. The van der Waals surface area contributed by atoms with Crippen molar-refractivity contribution in [3.8, 4) is 6.07 Å². The number of hydrogen-bond acceptors (Lipinski definition) is 4. The summed E-state index contributed by atoms with van der Waals surface area (Å²) in [6.45, 7) is 0. The van der Waals surface area contributed by atoms with Crippen molar-refractivity contribution in [2.24, 2.45) is 0 Å². The highest BCUT2D eigenvalue weighted by Crippen LogP contribution is 2.37. The lowest BCUT2D eigenvalue weighted by Gasteiger charge is -2.09. The second-order valence-corrected chi connectivity index (χ2v) is 7.51. The number of anilines is 1. The van der Waals surface area contributed by atoms with E-state index in [1.807, 2.05) is 36.4 Å². The van der Waals surface area contributed by atoms with Gasteiger partial charge in [0.05, 0.1) is 5.56 Å². The Morgan fingerprint density at radius 2 is 1.96 bits per heavy atom. The van der Waals surface area contributed by atoms with Crippen LogP contribution >= 0.6 is 11.3 Å². The minimum absolute atomic E-state index is 0.270. The van der Waals surface area contributed by atoms with Crippen LogP contribution in [0.1, 0.15) is 50.7 Å². The van der Waals surface area contributed by atoms with E-state index < -0.39 is 0 Å². The van der Waals surface area contributed by atoms with Gasteiger partial charge in [0.25, 0.3) is 5.91 Å². The molecule has 2 aromatic heterocycles. The maximum atomic E-state index is 12.6.